The van der Waals surface area contributed by atoms with Crippen LogP contribution in [-0.2, 0) is 0 Å². The molecule has 2 rings (SSSR count). The quantitative estimate of drug-likeness (QED) is 0.314. The third kappa shape index (κ3) is 5.64. The third-order valence-electron chi connectivity index (χ3n) is 3.08. The maximum absolute atomic E-state index is 12.4. The Kier molecular flexibility index (Phi) is 6.35. The number of benzene rings is 2. The summed E-state index contributed by atoms with van der Waals surface area (Å²) in [5.41, 5.74) is 0.398. The van der Waals surface area contributed by atoms with Crippen molar-refractivity contribution in [1.29, 1.82) is 0 Å². The van der Waals surface area contributed by atoms with Gasteiger partial charge in [-0.25, -0.2) is 0 Å². The lowest BCUT2D eigenvalue weighted by Gasteiger charge is -2.27. The highest BCUT2D eigenvalue weighted by atomic mass is 35.6. The molecule has 0 aliphatic heterocycles. The Morgan fingerprint density at radius 3 is 2.32 bits per heavy atom. The zero-order chi connectivity index (χ0) is 18.6. The van der Waals surface area contributed by atoms with Gasteiger partial charge in [-0.1, -0.05) is 52.5 Å². The zero-order valence-corrected chi connectivity index (χ0v) is 15.4. The highest BCUT2D eigenvalue weighted by molar-refractivity contribution is 6.68. The minimum Gasteiger partial charge on any atom is -0.362 e. The first-order valence-corrected chi connectivity index (χ1v) is 8.32. The summed E-state index contributed by atoms with van der Waals surface area (Å²) in [6.07, 6.45) is -1.09. The van der Waals surface area contributed by atoms with Gasteiger partial charge in [-0.3, -0.25) is 14.9 Å². The van der Waals surface area contributed by atoms with E-state index in [-0.39, 0.29) is 11.3 Å². The molecular formula is C15H11Cl4N3O3. The minimum absolute atomic E-state index is 0.0614. The van der Waals surface area contributed by atoms with E-state index < -0.39 is 20.8 Å². The summed E-state index contributed by atoms with van der Waals surface area (Å²) in [4.78, 5) is 22.6. The number of nitro benzene ring substituents is 1. The van der Waals surface area contributed by atoms with Crippen molar-refractivity contribution in [3.05, 3.63) is 69.2 Å². The molecule has 0 heterocycles. The van der Waals surface area contributed by atoms with Gasteiger partial charge in [0.15, 0.2) is 0 Å². The van der Waals surface area contributed by atoms with Crippen molar-refractivity contribution in [3.8, 4) is 0 Å². The van der Waals surface area contributed by atoms with Crippen molar-refractivity contribution in [2.45, 2.75) is 9.96 Å². The molecule has 1 amide bonds. The molecule has 2 aromatic carbocycles. The number of hydrogen-bond acceptors (Lipinski definition) is 4. The molecule has 25 heavy (non-hydrogen) atoms. The molecule has 2 N–H and O–H groups in total. The minimum atomic E-state index is -1.88. The number of alkyl halides is 3. The average molecular weight is 423 g/mol. The van der Waals surface area contributed by atoms with Gasteiger partial charge in [0.25, 0.3) is 11.6 Å². The van der Waals surface area contributed by atoms with Crippen LogP contribution in [0.1, 0.15) is 10.4 Å². The highest BCUT2D eigenvalue weighted by Gasteiger charge is 2.34. The summed E-state index contributed by atoms with van der Waals surface area (Å²) in [5.74, 6) is -0.638. The van der Waals surface area contributed by atoms with Crippen LogP contribution in [0.5, 0.6) is 0 Å². The van der Waals surface area contributed by atoms with Crippen LogP contribution in [0.15, 0.2) is 48.5 Å². The Labute approximate surface area is 163 Å². The lowest BCUT2D eigenvalue weighted by molar-refractivity contribution is -0.384. The van der Waals surface area contributed by atoms with E-state index in [9.17, 15) is 14.9 Å². The van der Waals surface area contributed by atoms with Crippen molar-refractivity contribution >= 4 is 63.7 Å². The monoisotopic (exact) mass is 421 g/mol. The van der Waals surface area contributed by atoms with Gasteiger partial charge >= 0.3 is 0 Å². The molecule has 6 nitrogen and oxygen atoms in total. The lowest BCUT2D eigenvalue weighted by atomic mass is 10.2. The van der Waals surface area contributed by atoms with E-state index in [1.54, 1.807) is 24.3 Å². The Morgan fingerprint density at radius 2 is 1.76 bits per heavy atom. The number of nitrogens with one attached hydrogen (secondary N) is 2. The van der Waals surface area contributed by atoms with Gasteiger partial charge in [0.2, 0.25) is 3.79 Å². The van der Waals surface area contributed by atoms with Gasteiger partial charge in [-0.2, -0.15) is 0 Å². The first-order valence-electron chi connectivity index (χ1n) is 6.81. The van der Waals surface area contributed by atoms with Crippen LogP contribution >= 0.6 is 46.4 Å². The molecule has 0 aliphatic rings. The second-order valence-electron chi connectivity index (χ2n) is 4.91. The van der Waals surface area contributed by atoms with E-state index in [4.69, 9.17) is 46.4 Å². The Bertz CT molecular complexity index is 778. The lowest BCUT2D eigenvalue weighted by Crippen LogP contribution is -2.49. The molecule has 0 unspecified atom stereocenters. The zero-order valence-electron chi connectivity index (χ0n) is 12.4. The Morgan fingerprint density at radius 1 is 1.12 bits per heavy atom. The molecule has 0 bridgehead atoms. The van der Waals surface area contributed by atoms with E-state index in [1.165, 1.54) is 18.2 Å². The summed E-state index contributed by atoms with van der Waals surface area (Å²) in [5, 5.41) is 16.7. The Hall–Kier alpha value is -1.73. The third-order valence-corrected chi connectivity index (χ3v) is 3.98. The van der Waals surface area contributed by atoms with Crippen LogP contribution in [0.25, 0.3) is 0 Å². The van der Waals surface area contributed by atoms with E-state index in [0.29, 0.717) is 10.7 Å². The molecular weight excluding hydrogens is 412 g/mol. The van der Waals surface area contributed by atoms with Gasteiger partial charge < -0.3 is 10.6 Å². The number of carbonyl (C=O) groups is 1. The maximum atomic E-state index is 12.4. The van der Waals surface area contributed by atoms with E-state index in [1.807, 2.05) is 0 Å². The van der Waals surface area contributed by atoms with Crippen LogP contribution in [0.4, 0.5) is 11.4 Å². The van der Waals surface area contributed by atoms with Gasteiger partial charge in [-0.05, 0) is 30.3 Å². The topological polar surface area (TPSA) is 84.3 Å². The summed E-state index contributed by atoms with van der Waals surface area (Å²) < 4.78 is -1.88. The fourth-order valence-corrected chi connectivity index (χ4v) is 2.34. The van der Waals surface area contributed by atoms with Crippen LogP contribution in [0.2, 0.25) is 5.02 Å². The molecule has 2 aromatic rings. The molecule has 0 saturated heterocycles. The van der Waals surface area contributed by atoms with Crippen LogP contribution in [0, 0.1) is 10.1 Å². The molecule has 0 saturated carbocycles. The second kappa shape index (κ2) is 8.10. The predicted molar refractivity (Wildman–Crippen MR) is 99.7 cm³/mol. The number of anilines is 1. The maximum Gasteiger partial charge on any atom is 0.270 e. The average Bonchev–Trinajstić information content (AvgIpc) is 2.55. The van der Waals surface area contributed by atoms with Crippen LogP contribution in [-0.4, -0.2) is 20.8 Å². The van der Waals surface area contributed by atoms with Crippen molar-refractivity contribution in [1.82, 2.24) is 5.32 Å². The van der Waals surface area contributed by atoms with Crippen molar-refractivity contribution in [2.75, 3.05) is 5.32 Å². The fourth-order valence-electron chi connectivity index (χ4n) is 1.89. The standard InChI is InChI=1S/C15H11Cl4N3O3/c16-10-4-6-11(7-5-10)20-14(15(17,18)19)21-13(23)9-2-1-3-12(8-9)22(24)25/h1-8,14,20H,(H,21,23)/t14-/m0/s1. The number of rotatable bonds is 5. The largest absolute Gasteiger partial charge is 0.362 e. The molecule has 0 aromatic heterocycles. The van der Waals surface area contributed by atoms with Crippen molar-refractivity contribution in [3.63, 3.8) is 0 Å². The summed E-state index contributed by atoms with van der Waals surface area (Å²) in [6, 6.07) is 11.8. The number of non-ortho nitro benzene ring substituents is 1. The SMILES string of the molecule is O=C(N[C@H](Nc1ccc(Cl)cc1)C(Cl)(Cl)Cl)c1cccc([N+](=O)[O-])c1. The Balaban J connectivity index is 2.19. The smallest absolute Gasteiger partial charge is 0.270 e. The van der Waals surface area contributed by atoms with Crippen LogP contribution in [0.3, 0.4) is 0 Å². The van der Waals surface area contributed by atoms with Crippen molar-refractivity contribution < 1.29 is 9.72 Å². The van der Waals surface area contributed by atoms with E-state index in [2.05, 4.69) is 10.6 Å². The number of nitro groups is 1. The number of halogens is 4. The predicted octanol–water partition coefficient (Wildman–Crippen LogP) is 4.79. The van der Waals surface area contributed by atoms with Crippen molar-refractivity contribution in [2.24, 2.45) is 0 Å². The summed E-state index contributed by atoms with van der Waals surface area (Å²) in [7, 11) is 0. The molecule has 0 fully saturated rings. The van der Waals surface area contributed by atoms with E-state index >= 15 is 0 Å². The number of carbonyl (C=O) groups excluding carboxylic acids is 1. The highest BCUT2D eigenvalue weighted by Crippen LogP contribution is 2.31. The molecule has 0 radical (unpaired) electrons. The molecule has 1 atom stereocenters. The van der Waals surface area contributed by atoms with Gasteiger partial charge in [0, 0.05) is 28.4 Å². The fraction of sp³-hybridized carbons (Fsp3) is 0.133. The van der Waals surface area contributed by atoms with Crippen LogP contribution < -0.4 is 10.6 Å². The van der Waals surface area contributed by atoms with E-state index in [0.717, 1.165) is 6.07 Å². The first kappa shape index (κ1) is 19.6. The van der Waals surface area contributed by atoms with Gasteiger partial charge in [0.1, 0.15) is 6.17 Å². The second-order valence-corrected chi connectivity index (χ2v) is 7.71. The number of amides is 1. The van der Waals surface area contributed by atoms with Gasteiger partial charge in [0.05, 0.1) is 4.92 Å². The summed E-state index contributed by atoms with van der Waals surface area (Å²) in [6.45, 7) is 0. The molecule has 0 aliphatic carbocycles. The molecule has 0 spiro atoms. The number of hydrogen-bond donors (Lipinski definition) is 2. The normalized spacial score (nSPS) is 12.3. The molecule has 10 heteroatoms. The van der Waals surface area contributed by atoms with Gasteiger partial charge in [-0.15, -0.1) is 0 Å². The first-order chi connectivity index (χ1) is 11.7. The number of nitrogens with zero attached hydrogens (tertiary/aromatic N) is 1. The molecule has 132 valence electrons. The summed E-state index contributed by atoms with van der Waals surface area (Å²) >= 11 is 23.6.